The van der Waals surface area contributed by atoms with E-state index in [0.29, 0.717) is 11.6 Å². The lowest BCUT2D eigenvalue weighted by Gasteiger charge is -2.33. The second-order valence-electron chi connectivity index (χ2n) is 6.82. The summed E-state index contributed by atoms with van der Waals surface area (Å²) in [5, 5.41) is 19.3. The number of hydrogen-bond acceptors (Lipinski definition) is 4. The Labute approximate surface area is 152 Å². The van der Waals surface area contributed by atoms with E-state index in [0.717, 1.165) is 18.5 Å². The van der Waals surface area contributed by atoms with Gasteiger partial charge in [0.25, 0.3) is 0 Å². The lowest BCUT2D eigenvalue weighted by Crippen LogP contribution is -2.33. The van der Waals surface area contributed by atoms with Gasteiger partial charge in [-0.05, 0) is 37.1 Å². The second kappa shape index (κ2) is 7.60. The number of rotatable bonds is 5. The van der Waals surface area contributed by atoms with Crippen LogP contribution in [0.5, 0.6) is 5.75 Å². The minimum Gasteiger partial charge on any atom is -0.507 e. The molecule has 2 N–H and O–H groups in total. The van der Waals surface area contributed by atoms with Crippen LogP contribution in [-0.4, -0.2) is 35.1 Å². The Morgan fingerprint density at radius 2 is 1.58 bits per heavy atom. The third-order valence-electron chi connectivity index (χ3n) is 5.15. The van der Waals surface area contributed by atoms with Gasteiger partial charge in [-0.2, -0.15) is 0 Å². The lowest BCUT2D eigenvalue weighted by molar-refractivity contribution is 0.0696. The number of nitrogens with zero attached hydrogens (tertiary/aromatic N) is 1. The number of carbonyl (C=O) groups excluding carboxylic acids is 1. The maximum atomic E-state index is 12.6. The van der Waals surface area contributed by atoms with Gasteiger partial charge < -0.3 is 15.1 Å². The zero-order valence-electron chi connectivity index (χ0n) is 14.8. The molecule has 0 amide bonds. The number of phenolic OH excluding ortho intramolecular Hbond substituents is 1. The van der Waals surface area contributed by atoms with Crippen molar-refractivity contribution in [2.24, 2.45) is 0 Å². The average molecular weight is 353 g/mol. The van der Waals surface area contributed by atoms with Crippen molar-refractivity contribution in [3.63, 3.8) is 0 Å². The molecule has 0 unspecified atom stereocenters. The van der Waals surface area contributed by atoms with Gasteiger partial charge in [0.1, 0.15) is 5.75 Å². The Morgan fingerprint density at radius 3 is 2.15 bits per heavy atom. The van der Waals surface area contributed by atoms with Gasteiger partial charge in [0.05, 0.1) is 11.1 Å². The molecule has 1 aliphatic carbocycles. The van der Waals surface area contributed by atoms with Crippen molar-refractivity contribution >= 4 is 17.4 Å². The highest BCUT2D eigenvalue weighted by Crippen LogP contribution is 2.30. The quantitative estimate of drug-likeness (QED) is 0.792. The van der Waals surface area contributed by atoms with Crippen LogP contribution in [0.25, 0.3) is 0 Å². The number of carboxylic acid groups (broad SMARTS) is 1. The van der Waals surface area contributed by atoms with E-state index in [9.17, 15) is 14.7 Å². The summed E-state index contributed by atoms with van der Waals surface area (Å²) in [6.07, 6.45) is 6.03. The molecular formula is C21H23NO4. The molecule has 26 heavy (non-hydrogen) atoms. The number of hydrogen-bond donors (Lipinski definition) is 2. The predicted molar refractivity (Wildman–Crippen MR) is 100 cm³/mol. The molecule has 136 valence electrons. The Balaban J connectivity index is 1.80. The third kappa shape index (κ3) is 3.72. The first-order chi connectivity index (χ1) is 12.5. The smallest absolute Gasteiger partial charge is 0.335 e. The number of carbonyl (C=O) groups is 2. The highest BCUT2D eigenvalue weighted by Gasteiger charge is 2.20. The zero-order chi connectivity index (χ0) is 18.7. The highest BCUT2D eigenvalue weighted by molar-refractivity contribution is 6.11. The first-order valence-corrected chi connectivity index (χ1v) is 8.91. The summed E-state index contributed by atoms with van der Waals surface area (Å²) in [6, 6.07) is 11.3. The number of ketones is 1. The summed E-state index contributed by atoms with van der Waals surface area (Å²) >= 11 is 0. The molecular weight excluding hydrogens is 330 g/mol. The molecule has 5 nitrogen and oxygen atoms in total. The molecule has 5 heteroatoms. The van der Waals surface area contributed by atoms with Crippen molar-refractivity contribution in [1.29, 1.82) is 0 Å². The van der Waals surface area contributed by atoms with Gasteiger partial charge in [-0.25, -0.2) is 4.79 Å². The van der Waals surface area contributed by atoms with Crippen molar-refractivity contribution in [2.45, 2.75) is 38.1 Å². The maximum absolute atomic E-state index is 12.6. The fraction of sp³-hybridized carbons (Fsp3) is 0.333. The van der Waals surface area contributed by atoms with Gasteiger partial charge in [-0.15, -0.1) is 0 Å². The standard InChI is InChI=1S/C21H23NO4/c1-22(16-5-3-2-4-6-16)17-11-12-18(19(23)13-17)20(24)14-7-9-15(10-8-14)21(25)26/h7-13,16,23H,2-6H2,1H3,(H,25,26). The summed E-state index contributed by atoms with van der Waals surface area (Å²) in [6.45, 7) is 0. The monoisotopic (exact) mass is 353 g/mol. The number of aromatic carboxylic acids is 1. The van der Waals surface area contributed by atoms with Crippen LogP contribution >= 0.6 is 0 Å². The predicted octanol–water partition coefficient (Wildman–Crippen LogP) is 4.09. The molecule has 0 radical (unpaired) electrons. The minimum atomic E-state index is -1.04. The van der Waals surface area contributed by atoms with Crippen molar-refractivity contribution in [2.75, 3.05) is 11.9 Å². The van der Waals surface area contributed by atoms with Crippen molar-refractivity contribution in [3.05, 3.63) is 59.2 Å². The van der Waals surface area contributed by atoms with Gasteiger partial charge in [-0.1, -0.05) is 31.4 Å². The van der Waals surface area contributed by atoms with Crippen LogP contribution in [-0.2, 0) is 0 Å². The number of anilines is 1. The summed E-state index contributed by atoms with van der Waals surface area (Å²) in [5.74, 6) is -1.43. The van der Waals surface area contributed by atoms with E-state index in [2.05, 4.69) is 4.90 Å². The first kappa shape index (κ1) is 18.0. The molecule has 0 spiro atoms. The Hall–Kier alpha value is -2.82. The SMILES string of the molecule is CN(c1ccc(C(=O)c2ccc(C(=O)O)cc2)c(O)c1)C1CCCCC1. The molecule has 2 aromatic rings. The zero-order valence-corrected chi connectivity index (χ0v) is 14.8. The van der Waals surface area contributed by atoms with Crippen molar-refractivity contribution in [3.8, 4) is 5.75 Å². The van der Waals surface area contributed by atoms with Crippen LogP contribution < -0.4 is 4.90 Å². The maximum Gasteiger partial charge on any atom is 0.335 e. The number of carboxylic acids is 1. The lowest BCUT2D eigenvalue weighted by atomic mass is 9.94. The molecule has 1 aliphatic rings. The number of aromatic hydroxyl groups is 1. The molecule has 0 aliphatic heterocycles. The summed E-state index contributed by atoms with van der Waals surface area (Å²) in [4.78, 5) is 25.7. The van der Waals surface area contributed by atoms with Crippen LogP contribution in [0.3, 0.4) is 0 Å². The van der Waals surface area contributed by atoms with Crippen LogP contribution in [0.4, 0.5) is 5.69 Å². The fourth-order valence-corrected chi connectivity index (χ4v) is 3.53. The molecule has 0 atom stereocenters. The average Bonchev–Trinajstić information content (AvgIpc) is 2.67. The third-order valence-corrected chi connectivity index (χ3v) is 5.15. The normalized spacial score (nSPS) is 14.8. The first-order valence-electron chi connectivity index (χ1n) is 8.91. The van der Waals surface area contributed by atoms with Gasteiger partial charge in [0.15, 0.2) is 5.78 Å². The Morgan fingerprint density at radius 1 is 0.962 bits per heavy atom. The van der Waals surface area contributed by atoms with Gasteiger partial charge in [-0.3, -0.25) is 4.79 Å². The fourth-order valence-electron chi connectivity index (χ4n) is 3.53. The highest BCUT2D eigenvalue weighted by atomic mass is 16.4. The van der Waals surface area contributed by atoms with E-state index in [1.165, 1.54) is 43.5 Å². The van der Waals surface area contributed by atoms with Crippen LogP contribution in [0, 0.1) is 0 Å². The second-order valence-corrected chi connectivity index (χ2v) is 6.82. The topological polar surface area (TPSA) is 77.8 Å². The van der Waals surface area contributed by atoms with Crippen LogP contribution in [0.2, 0.25) is 0 Å². The minimum absolute atomic E-state index is 0.0579. The molecule has 1 fully saturated rings. The summed E-state index contributed by atoms with van der Waals surface area (Å²) in [5.41, 5.74) is 1.58. The van der Waals surface area contributed by atoms with E-state index in [4.69, 9.17) is 5.11 Å². The molecule has 3 rings (SSSR count). The van der Waals surface area contributed by atoms with E-state index in [-0.39, 0.29) is 22.7 Å². The molecule has 0 heterocycles. The van der Waals surface area contributed by atoms with E-state index in [1.807, 2.05) is 13.1 Å². The summed E-state index contributed by atoms with van der Waals surface area (Å²) in [7, 11) is 2.02. The Kier molecular flexibility index (Phi) is 5.26. The van der Waals surface area contributed by atoms with Crippen molar-refractivity contribution in [1.82, 2.24) is 0 Å². The Bertz CT molecular complexity index is 807. The van der Waals surface area contributed by atoms with E-state index >= 15 is 0 Å². The molecule has 0 bridgehead atoms. The van der Waals surface area contributed by atoms with Crippen LogP contribution in [0.1, 0.15) is 58.4 Å². The molecule has 1 saturated carbocycles. The van der Waals surface area contributed by atoms with E-state index in [1.54, 1.807) is 12.1 Å². The van der Waals surface area contributed by atoms with Gasteiger partial charge in [0, 0.05) is 30.4 Å². The number of phenols is 1. The van der Waals surface area contributed by atoms with E-state index < -0.39 is 5.97 Å². The molecule has 0 saturated heterocycles. The number of benzene rings is 2. The van der Waals surface area contributed by atoms with Gasteiger partial charge in [0.2, 0.25) is 0 Å². The summed E-state index contributed by atoms with van der Waals surface area (Å²) < 4.78 is 0. The largest absolute Gasteiger partial charge is 0.507 e. The van der Waals surface area contributed by atoms with Crippen LogP contribution in [0.15, 0.2) is 42.5 Å². The molecule has 2 aromatic carbocycles. The molecule has 0 aromatic heterocycles. The van der Waals surface area contributed by atoms with Gasteiger partial charge >= 0.3 is 5.97 Å². The van der Waals surface area contributed by atoms with Crippen molar-refractivity contribution < 1.29 is 19.8 Å².